The Labute approximate surface area is 201 Å². The summed E-state index contributed by atoms with van der Waals surface area (Å²) in [5.74, 6) is 0.738. The highest BCUT2D eigenvalue weighted by Gasteiger charge is 2.24. The highest BCUT2D eigenvalue weighted by Crippen LogP contribution is 2.32. The van der Waals surface area contributed by atoms with Gasteiger partial charge in [-0.25, -0.2) is 19.7 Å². The minimum Gasteiger partial charge on any atom is -0.465 e. The molecule has 3 heterocycles. The van der Waals surface area contributed by atoms with Crippen molar-refractivity contribution in [2.45, 2.75) is 18.9 Å². The monoisotopic (exact) mass is 475 g/mol. The first kappa shape index (κ1) is 22.2. The number of benzene rings is 2. The topological polar surface area (TPSA) is 89.5 Å². The Morgan fingerprint density at radius 2 is 2.06 bits per heavy atom. The second-order valence-corrected chi connectivity index (χ2v) is 8.93. The minimum absolute atomic E-state index is 0.387. The summed E-state index contributed by atoms with van der Waals surface area (Å²) in [7, 11) is 3.12. The van der Waals surface area contributed by atoms with Gasteiger partial charge in [0, 0.05) is 30.6 Å². The molecule has 5 rings (SSSR count). The van der Waals surface area contributed by atoms with E-state index in [0.29, 0.717) is 28.8 Å². The third-order valence-corrected chi connectivity index (χ3v) is 6.64. The largest absolute Gasteiger partial charge is 0.465 e. The molecule has 2 aromatic carbocycles. The smallest absolute Gasteiger partial charge is 0.337 e. The minimum atomic E-state index is -0.399. The normalized spacial score (nSPS) is 15.6. The van der Waals surface area contributed by atoms with E-state index in [1.807, 2.05) is 18.2 Å². The number of nitrogens with one attached hydrogen (secondary N) is 1. The van der Waals surface area contributed by atoms with Crippen LogP contribution in [0.4, 0.5) is 17.2 Å². The van der Waals surface area contributed by atoms with Crippen molar-refractivity contribution in [3.8, 4) is 11.4 Å². The molecule has 1 unspecified atom stereocenters. The quantitative estimate of drug-likeness (QED) is 0.378. The Balaban J connectivity index is 1.48. The number of methoxy groups -OCH3 is 2. The number of anilines is 3. The van der Waals surface area contributed by atoms with E-state index in [0.717, 1.165) is 47.8 Å². The molecule has 2 aromatic heterocycles. The van der Waals surface area contributed by atoms with E-state index in [-0.39, 0.29) is 0 Å². The van der Waals surface area contributed by atoms with Gasteiger partial charge in [0.15, 0.2) is 11.6 Å². The van der Waals surface area contributed by atoms with E-state index < -0.39 is 5.97 Å². The first-order chi connectivity index (χ1) is 16.7. The van der Waals surface area contributed by atoms with Crippen LogP contribution in [0.1, 0.15) is 23.2 Å². The standard InChI is InChI=1S/C25H25N5O3S/c1-32-14-20-10-5-11-30(20)19-9-4-8-18(13-19)27-23-21-24(34-15-26-21)29-22(28-23)16-6-3-7-17(12-16)25(31)33-2/h3-4,6-9,12-13,15,20H,5,10-11,14H2,1-2H3,(H,27,28,29). The van der Waals surface area contributed by atoms with Crippen molar-refractivity contribution < 1.29 is 14.3 Å². The van der Waals surface area contributed by atoms with Gasteiger partial charge >= 0.3 is 5.97 Å². The zero-order chi connectivity index (χ0) is 23.5. The van der Waals surface area contributed by atoms with Crippen molar-refractivity contribution in [3.05, 3.63) is 59.6 Å². The maximum absolute atomic E-state index is 12.0. The highest BCUT2D eigenvalue weighted by molar-refractivity contribution is 7.16. The number of rotatable bonds is 7. The summed E-state index contributed by atoms with van der Waals surface area (Å²) in [6, 6.07) is 15.8. The number of fused-ring (bicyclic) bond motifs is 1. The Bertz CT molecular complexity index is 1320. The summed E-state index contributed by atoms with van der Waals surface area (Å²) in [5, 5.41) is 3.45. The second kappa shape index (κ2) is 9.74. The maximum Gasteiger partial charge on any atom is 0.337 e. The lowest BCUT2D eigenvalue weighted by Gasteiger charge is -2.26. The van der Waals surface area contributed by atoms with Crippen LogP contribution >= 0.6 is 11.3 Å². The summed E-state index contributed by atoms with van der Waals surface area (Å²) >= 11 is 1.45. The molecular weight excluding hydrogens is 450 g/mol. The fraction of sp³-hybridized carbons (Fsp3) is 0.280. The molecule has 4 aromatic rings. The molecule has 8 nitrogen and oxygen atoms in total. The van der Waals surface area contributed by atoms with Crippen LogP contribution in [0.2, 0.25) is 0 Å². The number of carbonyl (C=O) groups excluding carboxylic acids is 1. The van der Waals surface area contributed by atoms with Crippen LogP contribution in [0.25, 0.3) is 21.7 Å². The Morgan fingerprint density at radius 1 is 1.18 bits per heavy atom. The number of carbonyl (C=O) groups is 1. The van der Waals surface area contributed by atoms with Crippen molar-refractivity contribution in [2.75, 3.05) is 37.6 Å². The molecular formula is C25H25N5O3S. The summed E-state index contributed by atoms with van der Waals surface area (Å²) < 4.78 is 10.3. The fourth-order valence-corrected chi connectivity index (χ4v) is 4.98. The van der Waals surface area contributed by atoms with E-state index in [1.165, 1.54) is 18.4 Å². The van der Waals surface area contributed by atoms with Gasteiger partial charge in [0.25, 0.3) is 0 Å². The van der Waals surface area contributed by atoms with Crippen molar-refractivity contribution in [2.24, 2.45) is 0 Å². The predicted octanol–water partition coefficient (Wildman–Crippen LogP) is 4.90. The number of nitrogens with zero attached hydrogens (tertiary/aromatic N) is 4. The maximum atomic E-state index is 12.0. The third kappa shape index (κ3) is 4.44. The third-order valence-electron chi connectivity index (χ3n) is 5.92. The van der Waals surface area contributed by atoms with Crippen LogP contribution in [0.3, 0.4) is 0 Å². The number of ether oxygens (including phenoxy) is 2. The Hall–Kier alpha value is -3.56. The predicted molar refractivity (Wildman–Crippen MR) is 134 cm³/mol. The van der Waals surface area contributed by atoms with Crippen LogP contribution in [-0.2, 0) is 9.47 Å². The van der Waals surface area contributed by atoms with Gasteiger partial charge < -0.3 is 19.7 Å². The van der Waals surface area contributed by atoms with Crippen molar-refractivity contribution in [1.82, 2.24) is 15.0 Å². The number of hydrogen-bond donors (Lipinski definition) is 1. The zero-order valence-corrected chi connectivity index (χ0v) is 19.8. The molecule has 174 valence electrons. The van der Waals surface area contributed by atoms with Gasteiger partial charge in [0.1, 0.15) is 10.3 Å². The lowest BCUT2D eigenvalue weighted by atomic mass is 10.1. The number of aromatic nitrogens is 3. The van der Waals surface area contributed by atoms with Crippen LogP contribution in [0.15, 0.2) is 54.0 Å². The van der Waals surface area contributed by atoms with Gasteiger partial charge in [-0.2, -0.15) is 0 Å². The van der Waals surface area contributed by atoms with E-state index >= 15 is 0 Å². The van der Waals surface area contributed by atoms with Crippen molar-refractivity contribution >= 4 is 44.8 Å². The highest BCUT2D eigenvalue weighted by atomic mass is 32.1. The molecule has 0 spiro atoms. The summed E-state index contributed by atoms with van der Waals surface area (Å²) in [6.45, 7) is 1.74. The summed E-state index contributed by atoms with van der Waals surface area (Å²) in [5.41, 5.74) is 5.72. The molecule has 1 saturated heterocycles. The summed E-state index contributed by atoms with van der Waals surface area (Å²) in [4.78, 5) is 29.1. The lowest BCUT2D eigenvalue weighted by molar-refractivity contribution is 0.0601. The molecule has 0 saturated carbocycles. The van der Waals surface area contributed by atoms with Gasteiger partial charge in [-0.15, -0.1) is 11.3 Å². The van der Waals surface area contributed by atoms with Gasteiger partial charge in [-0.05, 0) is 43.2 Å². The number of esters is 1. The number of hydrogen-bond acceptors (Lipinski definition) is 9. The molecule has 0 bridgehead atoms. The second-order valence-electron chi connectivity index (χ2n) is 8.09. The lowest BCUT2D eigenvalue weighted by Crippen LogP contribution is -2.32. The molecule has 0 radical (unpaired) electrons. The molecule has 1 N–H and O–H groups in total. The number of thiazole rings is 1. The molecule has 9 heteroatoms. The van der Waals surface area contributed by atoms with Gasteiger partial charge in [-0.1, -0.05) is 18.2 Å². The van der Waals surface area contributed by atoms with Gasteiger partial charge in [-0.3, -0.25) is 0 Å². The van der Waals surface area contributed by atoms with E-state index in [9.17, 15) is 4.79 Å². The average molecular weight is 476 g/mol. The Kier molecular flexibility index (Phi) is 6.37. The van der Waals surface area contributed by atoms with E-state index in [2.05, 4.69) is 32.3 Å². The first-order valence-electron chi connectivity index (χ1n) is 11.1. The molecule has 0 amide bonds. The Morgan fingerprint density at radius 3 is 2.91 bits per heavy atom. The zero-order valence-electron chi connectivity index (χ0n) is 19.0. The molecule has 1 aliphatic heterocycles. The van der Waals surface area contributed by atoms with Crippen LogP contribution in [0, 0.1) is 0 Å². The van der Waals surface area contributed by atoms with Crippen molar-refractivity contribution in [1.29, 1.82) is 0 Å². The van der Waals surface area contributed by atoms with Gasteiger partial charge in [0.05, 0.1) is 30.8 Å². The van der Waals surface area contributed by atoms with Crippen LogP contribution < -0.4 is 10.2 Å². The van der Waals surface area contributed by atoms with E-state index in [4.69, 9.17) is 14.5 Å². The summed E-state index contributed by atoms with van der Waals surface area (Å²) in [6.07, 6.45) is 2.29. The van der Waals surface area contributed by atoms with Crippen LogP contribution in [0.5, 0.6) is 0 Å². The molecule has 0 aliphatic carbocycles. The first-order valence-corrected chi connectivity index (χ1v) is 12.0. The molecule has 1 atom stereocenters. The van der Waals surface area contributed by atoms with Crippen molar-refractivity contribution in [3.63, 3.8) is 0 Å². The fourth-order valence-electron chi connectivity index (χ4n) is 4.32. The molecule has 34 heavy (non-hydrogen) atoms. The average Bonchev–Trinajstić information content (AvgIpc) is 3.54. The van der Waals surface area contributed by atoms with Gasteiger partial charge in [0.2, 0.25) is 0 Å². The SMILES string of the molecule is COCC1CCCN1c1cccc(Nc2nc(-c3cccc(C(=O)OC)c3)nc3scnc23)c1. The van der Waals surface area contributed by atoms with Crippen LogP contribution in [-0.4, -0.2) is 54.3 Å². The van der Waals surface area contributed by atoms with E-state index in [1.54, 1.807) is 30.8 Å². The molecule has 1 aliphatic rings. The molecule has 1 fully saturated rings.